The quantitative estimate of drug-likeness (QED) is 0.746. The Morgan fingerprint density at radius 2 is 2.39 bits per heavy atom. The maximum Gasteiger partial charge on any atom is 0.325 e. The molecule has 2 fully saturated rings. The fraction of sp³-hybridized carbons (Fsp3) is 0.923. The van der Waals surface area contributed by atoms with Crippen LogP contribution in [0.1, 0.15) is 32.6 Å². The molecule has 5 heteroatoms. The van der Waals surface area contributed by atoms with Crippen LogP contribution in [0.15, 0.2) is 0 Å². The highest BCUT2D eigenvalue weighted by Crippen LogP contribution is 2.34. The van der Waals surface area contributed by atoms with Crippen LogP contribution in [-0.2, 0) is 14.3 Å². The zero-order valence-corrected chi connectivity index (χ0v) is 11.4. The Balaban J connectivity index is 2.01. The molecule has 0 radical (unpaired) electrons. The average molecular weight is 256 g/mol. The van der Waals surface area contributed by atoms with Gasteiger partial charge in [-0.15, -0.1) is 0 Å². The number of hydrogen-bond donors (Lipinski definition) is 1. The Hall–Kier alpha value is -0.650. The molecule has 18 heavy (non-hydrogen) atoms. The molecular weight excluding hydrogens is 232 g/mol. The van der Waals surface area contributed by atoms with E-state index < -0.39 is 5.54 Å². The molecular formula is C13H24N2O3. The lowest BCUT2D eigenvalue weighted by Gasteiger charge is -2.39. The fourth-order valence-corrected chi connectivity index (χ4v) is 3.22. The summed E-state index contributed by atoms with van der Waals surface area (Å²) in [5, 5.41) is 0. The number of rotatable bonds is 3. The summed E-state index contributed by atoms with van der Waals surface area (Å²) in [6.45, 7) is 4.70. The summed E-state index contributed by atoms with van der Waals surface area (Å²) in [5.74, 6) is -0.272. The first-order valence-corrected chi connectivity index (χ1v) is 6.81. The van der Waals surface area contributed by atoms with Crippen LogP contribution in [0.2, 0.25) is 0 Å². The van der Waals surface area contributed by atoms with Crippen molar-refractivity contribution in [1.29, 1.82) is 0 Å². The smallest absolute Gasteiger partial charge is 0.325 e. The number of esters is 1. The SMILES string of the molecule is CCC1COCCN1C1CCC(N)(C(=O)OC)C1. The zero-order valence-electron chi connectivity index (χ0n) is 11.4. The largest absolute Gasteiger partial charge is 0.468 e. The minimum Gasteiger partial charge on any atom is -0.468 e. The van der Waals surface area contributed by atoms with E-state index in [0.717, 1.165) is 39.0 Å². The minimum absolute atomic E-state index is 0.272. The Bertz CT molecular complexity index is 311. The average Bonchev–Trinajstić information content (AvgIpc) is 2.81. The van der Waals surface area contributed by atoms with Crippen LogP contribution in [0.4, 0.5) is 0 Å². The van der Waals surface area contributed by atoms with Crippen molar-refractivity contribution in [3.8, 4) is 0 Å². The van der Waals surface area contributed by atoms with Crippen molar-refractivity contribution in [3.05, 3.63) is 0 Å². The summed E-state index contributed by atoms with van der Waals surface area (Å²) in [6, 6.07) is 0.853. The minimum atomic E-state index is -0.782. The van der Waals surface area contributed by atoms with Crippen molar-refractivity contribution in [2.45, 2.75) is 50.2 Å². The second-order valence-corrected chi connectivity index (χ2v) is 5.42. The van der Waals surface area contributed by atoms with Crippen LogP contribution >= 0.6 is 0 Å². The normalized spacial score (nSPS) is 37.7. The summed E-state index contributed by atoms with van der Waals surface area (Å²) in [7, 11) is 1.41. The molecule has 2 N–H and O–H groups in total. The number of nitrogens with zero attached hydrogens (tertiary/aromatic N) is 1. The van der Waals surface area contributed by atoms with Gasteiger partial charge in [0.05, 0.1) is 20.3 Å². The van der Waals surface area contributed by atoms with Crippen molar-refractivity contribution < 1.29 is 14.3 Å². The van der Waals surface area contributed by atoms with Crippen LogP contribution in [0.25, 0.3) is 0 Å². The maximum atomic E-state index is 11.7. The number of nitrogens with two attached hydrogens (primary N) is 1. The van der Waals surface area contributed by atoms with Crippen molar-refractivity contribution in [1.82, 2.24) is 4.90 Å². The topological polar surface area (TPSA) is 64.8 Å². The van der Waals surface area contributed by atoms with Crippen LogP contribution in [-0.4, -0.2) is 55.4 Å². The van der Waals surface area contributed by atoms with Gasteiger partial charge in [0.2, 0.25) is 0 Å². The summed E-state index contributed by atoms with van der Waals surface area (Å²) in [5.41, 5.74) is 5.38. The molecule has 0 aromatic rings. The van der Waals surface area contributed by atoms with Gasteiger partial charge in [0.25, 0.3) is 0 Å². The third-order valence-corrected chi connectivity index (χ3v) is 4.33. The molecule has 5 nitrogen and oxygen atoms in total. The summed E-state index contributed by atoms with van der Waals surface area (Å²) in [4.78, 5) is 14.2. The number of hydrogen-bond acceptors (Lipinski definition) is 5. The Labute approximate surface area is 109 Å². The number of carbonyl (C=O) groups is 1. The molecule has 0 aromatic carbocycles. The van der Waals surface area contributed by atoms with Gasteiger partial charge in [-0.3, -0.25) is 9.69 Å². The Morgan fingerprint density at radius 3 is 3.06 bits per heavy atom. The third kappa shape index (κ3) is 2.53. The summed E-state index contributed by atoms with van der Waals surface area (Å²) in [6.07, 6.45) is 3.47. The van der Waals surface area contributed by atoms with E-state index in [9.17, 15) is 4.79 Å². The predicted octanol–water partition coefficient (Wildman–Crippen LogP) is 0.520. The number of methoxy groups -OCH3 is 1. The molecule has 0 aromatic heterocycles. The Morgan fingerprint density at radius 1 is 1.61 bits per heavy atom. The molecule has 3 atom stereocenters. The number of morpholine rings is 1. The van der Waals surface area contributed by atoms with E-state index in [2.05, 4.69) is 11.8 Å². The van der Waals surface area contributed by atoms with Crippen LogP contribution in [0.3, 0.4) is 0 Å². The molecule has 1 aliphatic carbocycles. The van der Waals surface area contributed by atoms with E-state index in [1.165, 1.54) is 7.11 Å². The lowest BCUT2D eigenvalue weighted by Crippen LogP contribution is -2.52. The molecule has 1 saturated heterocycles. The van der Waals surface area contributed by atoms with Crippen LogP contribution < -0.4 is 5.73 Å². The van der Waals surface area contributed by atoms with Crippen LogP contribution in [0.5, 0.6) is 0 Å². The molecule has 2 rings (SSSR count). The molecule has 1 heterocycles. The van der Waals surface area contributed by atoms with Gasteiger partial charge < -0.3 is 15.2 Å². The van der Waals surface area contributed by atoms with Crippen LogP contribution in [0, 0.1) is 0 Å². The zero-order chi connectivity index (χ0) is 13.2. The van der Waals surface area contributed by atoms with Crippen molar-refractivity contribution >= 4 is 5.97 Å². The van der Waals surface area contributed by atoms with E-state index in [4.69, 9.17) is 15.2 Å². The first-order valence-electron chi connectivity index (χ1n) is 6.81. The van der Waals surface area contributed by atoms with E-state index >= 15 is 0 Å². The summed E-state index contributed by atoms with van der Waals surface area (Å²) < 4.78 is 10.3. The van der Waals surface area contributed by atoms with Gasteiger partial charge in [0, 0.05) is 18.6 Å². The van der Waals surface area contributed by atoms with Gasteiger partial charge in [-0.25, -0.2) is 0 Å². The lowest BCUT2D eigenvalue weighted by atomic mass is 9.98. The van der Waals surface area contributed by atoms with E-state index in [-0.39, 0.29) is 5.97 Å². The first kappa shape index (κ1) is 13.8. The lowest BCUT2D eigenvalue weighted by molar-refractivity contribution is -0.147. The van der Waals surface area contributed by atoms with Gasteiger partial charge in [0.1, 0.15) is 5.54 Å². The highest BCUT2D eigenvalue weighted by Gasteiger charge is 2.46. The fourth-order valence-electron chi connectivity index (χ4n) is 3.22. The standard InChI is InChI=1S/C13H24N2O3/c1-3-10-9-18-7-6-15(10)11-4-5-13(14,8-11)12(16)17-2/h10-11H,3-9,14H2,1-2H3. The summed E-state index contributed by atoms with van der Waals surface area (Å²) >= 11 is 0. The predicted molar refractivity (Wildman–Crippen MR) is 68.2 cm³/mol. The second kappa shape index (κ2) is 5.55. The van der Waals surface area contributed by atoms with Crippen molar-refractivity contribution in [3.63, 3.8) is 0 Å². The maximum absolute atomic E-state index is 11.7. The monoisotopic (exact) mass is 256 g/mol. The molecule has 104 valence electrons. The third-order valence-electron chi connectivity index (χ3n) is 4.33. The van der Waals surface area contributed by atoms with Gasteiger partial charge >= 0.3 is 5.97 Å². The molecule has 1 saturated carbocycles. The molecule has 1 aliphatic heterocycles. The van der Waals surface area contributed by atoms with Gasteiger partial charge in [-0.1, -0.05) is 6.92 Å². The van der Waals surface area contributed by atoms with E-state index in [1.807, 2.05) is 0 Å². The first-order chi connectivity index (χ1) is 8.60. The second-order valence-electron chi connectivity index (χ2n) is 5.42. The Kier molecular flexibility index (Phi) is 4.25. The molecule has 0 spiro atoms. The highest BCUT2D eigenvalue weighted by atomic mass is 16.5. The molecule has 2 aliphatic rings. The molecule has 0 bridgehead atoms. The van der Waals surface area contributed by atoms with Crippen molar-refractivity contribution in [2.24, 2.45) is 5.73 Å². The van der Waals surface area contributed by atoms with E-state index in [0.29, 0.717) is 18.5 Å². The molecule has 0 amide bonds. The highest BCUT2D eigenvalue weighted by molar-refractivity contribution is 5.81. The van der Waals surface area contributed by atoms with Gasteiger partial charge in [-0.05, 0) is 25.7 Å². The molecule has 3 unspecified atom stereocenters. The van der Waals surface area contributed by atoms with Gasteiger partial charge in [-0.2, -0.15) is 0 Å². The van der Waals surface area contributed by atoms with Crippen molar-refractivity contribution in [2.75, 3.05) is 26.9 Å². The number of carbonyl (C=O) groups excluding carboxylic acids is 1. The van der Waals surface area contributed by atoms with Gasteiger partial charge in [0.15, 0.2) is 0 Å². The number of ether oxygens (including phenoxy) is 2. The van der Waals surface area contributed by atoms with E-state index in [1.54, 1.807) is 0 Å².